The lowest BCUT2D eigenvalue weighted by molar-refractivity contribution is -0.131. The molecule has 242 valence electrons. The van der Waals surface area contributed by atoms with E-state index in [9.17, 15) is 14.4 Å². The van der Waals surface area contributed by atoms with Gasteiger partial charge >= 0.3 is 17.9 Å². The molecule has 0 amide bonds. The second-order valence-electron chi connectivity index (χ2n) is 9.27. The van der Waals surface area contributed by atoms with E-state index in [2.05, 4.69) is 19.7 Å². The minimum atomic E-state index is -0.807. The van der Waals surface area contributed by atoms with Gasteiger partial charge in [-0.2, -0.15) is 0 Å². The lowest BCUT2D eigenvalue weighted by Gasteiger charge is -2.11. The second kappa shape index (κ2) is 19.7. The molecule has 0 aliphatic carbocycles. The number of rotatable bonds is 21. The molecule has 3 aromatic rings. The molecule has 3 rings (SSSR count). The van der Waals surface area contributed by atoms with E-state index in [4.69, 9.17) is 37.9 Å². The summed E-state index contributed by atoms with van der Waals surface area (Å²) in [5.74, 6) is -0.467. The molecule has 0 saturated heterocycles. The van der Waals surface area contributed by atoms with Crippen molar-refractivity contribution in [1.82, 2.24) is 0 Å². The summed E-state index contributed by atoms with van der Waals surface area (Å²) in [4.78, 5) is 36.0. The first kappa shape index (κ1) is 34.9. The van der Waals surface area contributed by atoms with Crippen LogP contribution in [-0.2, 0) is 19.1 Å². The van der Waals surface area contributed by atoms with Crippen LogP contribution in [0.2, 0.25) is 0 Å². The summed E-state index contributed by atoms with van der Waals surface area (Å²) in [5, 5.41) is 0. The van der Waals surface area contributed by atoms with Gasteiger partial charge in [-0.25, -0.2) is 14.4 Å². The van der Waals surface area contributed by atoms with Crippen molar-refractivity contribution in [3.63, 3.8) is 0 Å². The Bertz CT molecular complexity index is 1450. The van der Waals surface area contributed by atoms with Gasteiger partial charge < -0.3 is 37.9 Å². The highest BCUT2D eigenvalue weighted by atomic mass is 16.7. The summed E-state index contributed by atoms with van der Waals surface area (Å²) in [6.07, 6.45) is 7.26. The SMILES string of the molecule is C=COCOCCCCCCOc1ccc(OCOc2ccc(OC(=O)c3ccc(OC(=O)C=C)c(OC(=O)C=C)c3)cc2)cc1. The van der Waals surface area contributed by atoms with Gasteiger partial charge in [-0.15, -0.1) is 0 Å². The maximum Gasteiger partial charge on any atom is 0.343 e. The minimum Gasteiger partial charge on any atom is -0.494 e. The van der Waals surface area contributed by atoms with E-state index in [1.54, 1.807) is 36.4 Å². The Kier molecular flexibility index (Phi) is 14.9. The van der Waals surface area contributed by atoms with Crippen LogP contribution in [0.25, 0.3) is 0 Å². The first-order chi connectivity index (χ1) is 22.4. The third kappa shape index (κ3) is 12.6. The van der Waals surface area contributed by atoms with Gasteiger partial charge in [0.2, 0.25) is 6.79 Å². The highest BCUT2D eigenvalue weighted by Crippen LogP contribution is 2.30. The molecule has 0 spiro atoms. The molecule has 0 heterocycles. The van der Waals surface area contributed by atoms with Gasteiger partial charge in [0.1, 0.15) is 23.0 Å². The van der Waals surface area contributed by atoms with Crippen LogP contribution in [0.3, 0.4) is 0 Å². The van der Waals surface area contributed by atoms with Crippen molar-refractivity contribution in [3.05, 3.63) is 110 Å². The van der Waals surface area contributed by atoms with Crippen LogP contribution in [-0.4, -0.2) is 44.7 Å². The molecule has 11 heteroatoms. The normalized spacial score (nSPS) is 10.2. The average Bonchev–Trinajstić information content (AvgIpc) is 3.07. The summed E-state index contributed by atoms with van der Waals surface area (Å²) in [5.41, 5.74) is 0.0447. The lowest BCUT2D eigenvalue weighted by atomic mass is 10.2. The van der Waals surface area contributed by atoms with Gasteiger partial charge in [0.05, 0.1) is 25.0 Å². The molecule has 0 aliphatic heterocycles. The van der Waals surface area contributed by atoms with Gasteiger partial charge in [0.15, 0.2) is 18.3 Å². The summed E-state index contributed by atoms with van der Waals surface area (Å²) < 4.78 is 42.8. The second-order valence-corrected chi connectivity index (χ2v) is 9.27. The van der Waals surface area contributed by atoms with Gasteiger partial charge in [-0.1, -0.05) is 26.2 Å². The van der Waals surface area contributed by atoms with Crippen LogP contribution in [0.15, 0.2) is 105 Å². The molecule has 0 saturated carbocycles. The predicted octanol–water partition coefficient (Wildman–Crippen LogP) is 6.58. The van der Waals surface area contributed by atoms with Crippen molar-refractivity contribution in [2.45, 2.75) is 25.7 Å². The monoisotopic (exact) mass is 632 g/mol. The zero-order valence-electron chi connectivity index (χ0n) is 25.4. The fourth-order valence-corrected chi connectivity index (χ4v) is 3.67. The van der Waals surface area contributed by atoms with E-state index in [-0.39, 0.29) is 36.4 Å². The molecule has 3 aromatic carbocycles. The molecule has 0 aromatic heterocycles. The lowest BCUT2D eigenvalue weighted by Crippen LogP contribution is -2.12. The first-order valence-electron chi connectivity index (χ1n) is 14.4. The van der Waals surface area contributed by atoms with E-state index in [1.165, 1.54) is 24.5 Å². The Morgan fingerprint density at radius 2 is 1.11 bits per heavy atom. The molecule has 0 bridgehead atoms. The smallest absolute Gasteiger partial charge is 0.343 e. The van der Waals surface area contributed by atoms with Crippen molar-refractivity contribution in [2.24, 2.45) is 0 Å². The highest BCUT2D eigenvalue weighted by molar-refractivity contribution is 5.93. The quantitative estimate of drug-likeness (QED) is 0.0316. The number of ether oxygens (including phenoxy) is 8. The first-order valence-corrected chi connectivity index (χ1v) is 14.4. The van der Waals surface area contributed by atoms with Gasteiger partial charge in [-0.3, -0.25) is 0 Å². The van der Waals surface area contributed by atoms with Gasteiger partial charge in [0.25, 0.3) is 0 Å². The highest BCUT2D eigenvalue weighted by Gasteiger charge is 2.17. The van der Waals surface area contributed by atoms with Crippen molar-refractivity contribution in [1.29, 1.82) is 0 Å². The summed E-state index contributed by atoms with van der Waals surface area (Å²) >= 11 is 0. The topological polar surface area (TPSA) is 125 Å². The standard InChI is InChI=1S/C35H36O11/c1-4-33(36)45-31-20-11-26(23-32(31)46-34(37)5-2)35(38)44-30-18-16-29(17-19-30)43-25-42-28-14-12-27(13-15-28)41-22-10-8-7-9-21-40-24-39-6-3/h4-6,11-20,23H,1-3,7-10,21-22,24-25H2. The third-order valence-corrected chi connectivity index (χ3v) is 5.96. The van der Waals surface area contributed by atoms with Crippen LogP contribution in [0.1, 0.15) is 36.0 Å². The Labute approximate surface area is 267 Å². The number of benzene rings is 3. The number of hydrogen-bond donors (Lipinski definition) is 0. The Morgan fingerprint density at radius 3 is 1.70 bits per heavy atom. The Balaban J connectivity index is 1.39. The fourth-order valence-electron chi connectivity index (χ4n) is 3.67. The summed E-state index contributed by atoms with van der Waals surface area (Å²) in [6.45, 7) is 11.6. The molecule has 0 atom stereocenters. The van der Waals surface area contributed by atoms with Gasteiger partial charge in [-0.05, 0) is 86.0 Å². The van der Waals surface area contributed by atoms with E-state index in [0.29, 0.717) is 24.7 Å². The zero-order chi connectivity index (χ0) is 33.0. The van der Waals surface area contributed by atoms with Crippen molar-refractivity contribution in [3.8, 4) is 34.5 Å². The van der Waals surface area contributed by atoms with Gasteiger partial charge in [0, 0.05) is 12.2 Å². The van der Waals surface area contributed by atoms with Crippen molar-refractivity contribution >= 4 is 17.9 Å². The Morgan fingerprint density at radius 1 is 0.565 bits per heavy atom. The van der Waals surface area contributed by atoms with Crippen molar-refractivity contribution < 1.29 is 52.3 Å². The largest absolute Gasteiger partial charge is 0.494 e. The Hall–Kier alpha value is -5.55. The van der Waals surface area contributed by atoms with E-state index < -0.39 is 17.9 Å². The molecule has 0 aliphatic rings. The maximum atomic E-state index is 12.7. The number of unbranched alkanes of at least 4 members (excludes halogenated alkanes) is 3. The number of carbonyl (C=O) groups is 3. The minimum absolute atomic E-state index is 0.0439. The molecule has 11 nitrogen and oxygen atoms in total. The van der Waals surface area contributed by atoms with Crippen molar-refractivity contribution in [2.75, 3.05) is 26.8 Å². The molecule has 0 N–H and O–H groups in total. The molecule has 0 fully saturated rings. The average molecular weight is 633 g/mol. The van der Waals surface area contributed by atoms with E-state index >= 15 is 0 Å². The van der Waals surface area contributed by atoms with Crippen LogP contribution < -0.4 is 28.4 Å². The summed E-state index contributed by atoms with van der Waals surface area (Å²) in [6, 6.07) is 17.4. The maximum absolute atomic E-state index is 12.7. The van der Waals surface area contributed by atoms with Crippen LogP contribution >= 0.6 is 0 Å². The number of carbonyl (C=O) groups excluding carboxylic acids is 3. The van der Waals surface area contributed by atoms with E-state index in [0.717, 1.165) is 43.6 Å². The molecular formula is C35H36O11. The van der Waals surface area contributed by atoms with E-state index in [1.807, 2.05) is 12.1 Å². The summed E-state index contributed by atoms with van der Waals surface area (Å²) in [7, 11) is 0. The van der Waals surface area contributed by atoms with Crippen LogP contribution in [0.5, 0.6) is 34.5 Å². The molecule has 0 radical (unpaired) electrons. The molecule has 46 heavy (non-hydrogen) atoms. The van der Waals surface area contributed by atoms with Crippen LogP contribution in [0.4, 0.5) is 0 Å². The zero-order valence-corrected chi connectivity index (χ0v) is 25.4. The molecule has 0 unspecified atom stereocenters. The number of hydrogen-bond acceptors (Lipinski definition) is 11. The fraction of sp³-hybridized carbons (Fsp3) is 0.229. The van der Waals surface area contributed by atoms with Crippen LogP contribution in [0, 0.1) is 0 Å². The predicted molar refractivity (Wildman–Crippen MR) is 168 cm³/mol. The number of esters is 3. The molecular weight excluding hydrogens is 596 g/mol. The third-order valence-electron chi connectivity index (χ3n) is 5.96.